The molecule has 0 saturated heterocycles. The van der Waals surface area contributed by atoms with E-state index in [1.165, 1.54) is 22.3 Å². The molecule has 4 rings (SSSR count). The maximum atomic E-state index is 14.3. The van der Waals surface area contributed by atoms with Crippen LogP contribution in [0, 0.1) is 5.82 Å². The molecule has 24 heavy (non-hydrogen) atoms. The predicted molar refractivity (Wildman–Crippen MR) is 89.7 cm³/mol. The second-order valence-electron chi connectivity index (χ2n) is 5.23. The van der Waals surface area contributed by atoms with Gasteiger partial charge < -0.3 is 10.6 Å². The third-order valence-electron chi connectivity index (χ3n) is 3.73. The van der Waals surface area contributed by atoms with E-state index in [9.17, 15) is 9.50 Å². The SMILES string of the molecule is CC1=Cc2cccc(F)c2N2[N]N(c3ccc(Cl)nc3)C(O)=C12.O. The lowest BCUT2D eigenvalue weighted by Gasteiger charge is -2.26. The van der Waals surface area contributed by atoms with Gasteiger partial charge in [0.05, 0.1) is 11.9 Å². The molecule has 0 aliphatic carbocycles. The van der Waals surface area contributed by atoms with E-state index in [1.54, 1.807) is 24.3 Å². The molecule has 123 valence electrons. The van der Waals surface area contributed by atoms with Crippen molar-refractivity contribution < 1.29 is 15.0 Å². The van der Waals surface area contributed by atoms with Crippen molar-refractivity contribution in [3.63, 3.8) is 0 Å². The lowest BCUT2D eigenvalue weighted by molar-refractivity contribution is 0.386. The Morgan fingerprint density at radius 3 is 2.67 bits per heavy atom. The van der Waals surface area contributed by atoms with Crippen LogP contribution in [0.1, 0.15) is 12.5 Å². The second kappa shape index (κ2) is 5.79. The van der Waals surface area contributed by atoms with Crippen LogP contribution in [-0.4, -0.2) is 15.6 Å². The van der Waals surface area contributed by atoms with Crippen LogP contribution in [0.25, 0.3) is 6.08 Å². The van der Waals surface area contributed by atoms with E-state index in [0.717, 1.165) is 5.57 Å². The highest BCUT2D eigenvalue weighted by Crippen LogP contribution is 2.41. The number of fused-ring (bicyclic) bond motifs is 3. The van der Waals surface area contributed by atoms with Gasteiger partial charge in [-0.1, -0.05) is 23.7 Å². The van der Waals surface area contributed by atoms with Gasteiger partial charge in [-0.15, -0.1) is 0 Å². The van der Waals surface area contributed by atoms with E-state index in [4.69, 9.17) is 11.6 Å². The molecule has 0 atom stereocenters. The van der Waals surface area contributed by atoms with Gasteiger partial charge in [0.2, 0.25) is 5.88 Å². The van der Waals surface area contributed by atoms with Gasteiger partial charge in [0.25, 0.3) is 0 Å². The summed E-state index contributed by atoms with van der Waals surface area (Å²) in [7, 11) is 0. The Morgan fingerprint density at radius 2 is 1.96 bits per heavy atom. The summed E-state index contributed by atoms with van der Waals surface area (Å²) in [5.41, 5.74) is 7.09. The van der Waals surface area contributed by atoms with Crippen molar-refractivity contribution >= 4 is 29.1 Å². The Balaban J connectivity index is 0.00000169. The fourth-order valence-electron chi connectivity index (χ4n) is 2.71. The third-order valence-corrected chi connectivity index (χ3v) is 3.96. The first-order valence-corrected chi connectivity index (χ1v) is 7.28. The Morgan fingerprint density at radius 1 is 1.17 bits per heavy atom. The van der Waals surface area contributed by atoms with Gasteiger partial charge in [-0.25, -0.2) is 19.4 Å². The fraction of sp³-hybridized carbons (Fsp3) is 0.0625. The number of halogens is 2. The number of aliphatic hydroxyl groups excluding tert-OH is 1. The zero-order valence-corrected chi connectivity index (χ0v) is 13.3. The highest BCUT2D eigenvalue weighted by Gasteiger charge is 2.38. The number of para-hydroxylation sites is 1. The number of aromatic nitrogens is 1. The van der Waals surface area contributed by atoms with Crippen LogP contribution in [0.3, 0.4) is 0 Å². The van der Waals surface area contributed by atoms with Crippen molar-refractivity contribution in [2.24, 2.45) is 0 Å². The summed E-state index contributed by atoms with van der Waals surface area (Å²) in [5, 5.41) is 13.6. The summed E-state index contributed by atoms with van der Waals surface area (Å²) in [5.74, 6) is -0.492. The molecule has 2 aromatic rings. The van der Waals surface area contributed by atoms with E-state index in [0.29, 0.717) is 27.8 Å². The lowest BCUT2D eigenvalue weighted by Crippen LogP contribution is -2.36. The van der Waals surface area contributed by atoms with Crippen molar-refractivity contribution in [1.29, 1.82) is 0 Å². The average molecular weight is 348 g/mol. The van der Waals surface area contributed by atoms with E-state index in [-0.39, 0.29) is 11.4 Å². The normalized spacial score (nSPS) is 15.7. The van der Waals surface area contributed by atoms with Crippen molar-refractivity contribution in [2.75, 3.05) is 10.0 Å². The minimum atomic E-state index is -0.406. The Labute approximate surface area is 142 Å². The van der Waals surface area contributed by atoms with Crippen molar-refractivity contribution in [1.82, 2.24) is 10.5 Å². The first kappa shape index (κ1) is 16.3. The molecule has 0 unspecified atom stereocenters. The highest BCUT2D eigenvalue weighted by atomic mass is 35.5. The Bertz CT molecular complexity index is 867. The first-order chi connectivity index (χ1) is 11.1. The van der Waals surface area contributed by atoms with Crippen LogP contribution in [0.4, 0.5) is 15.8 Å². The van der Waals surface area contributed by atoms with E-state index < -0.39 is 5.82 Å². The van der Waals surface area contributed by atoms with E-state index in [2.05, 4.69) is 10.5 Å². The van der Waals surface area contributed by atoms with E-state index in [1.807, 2.05) is 13.0 Å². The summed E-state index contributed by atoms with van der Waals surface area (Å²) in [4.78, 5) is 3.98. The molecule has 0 spiro atoms. The zero-order valence-electron chi connectivity index (χ0n) is 12.5. The van der Waals surface area contributed by atoms with Crippen LogP contribution >= 0.6 is 11.6 Å². The molecule has 0 amide bonds. The highest BCUT2D eigenvalue weighted by molar-refractivity contribution is 6.29. The van der Waals surface area contributed by atoms with Crippen molar-refractivity contribution in [2.45, 2.75) is 6.92 Å². The van der Waals surface area contributed by atoms with Crippen LogP contribution < -0.4 is 15.6 Å². The summed E-state index contributed by atoms with van der Waals surface area (Å²) >= 11 is 5.78. The number of allylic oxidation sites excluding steroid dienone is 1. The molecule has 2 aliphatic heterocycles. The maximum absolute atomic E-state index is 14.3. The van der Waals surface area contributed by atoms with Gasteiger partial charge in [-0.05, 0) is 42.3 Å². The predicted octanol–water partition coefficient (Wildman–Crippen LogP) is 2.95. The largest absolute Gasteiger partial charge is 0.492 e. The maximum Gasteiger partial charge on any atom is 0.235 e. The number of benzene rings is 1. The number of aliphatic hydroxyl groups is 1. The minimum absolute atomic E-state index is 0. The molecular weight excluding hydrogens is 335 g/mol. The summed E-state index contributed by atoms with van der Waals surface area (Å²) < 4.78 is 14.3. The van der Waals surface area contributed by atoms with Gasteiger partial charge >= 0.3 is 0 Å². The van der Waals surface area contributed by atoms with Crippen LogP contribution in [0.15, 0.2) is 53.7 Å². The van der Waals surface area contributed by atoms with Gasteiger partial charge in [0.1, 0.15) is 22.4 Å². The molecule has 2 aliphatic rings. The van der Waals surface area contributed by atoms with E-state index >= 15 is 0 Å². The molecule has 0 fully saturated rings. The number of pyridine rings is 1. The number of nitrogens with zero attached hydrogens (tertiary/aromatic N) is 4. The topological polar surface area (TPSA) is 85.2 Å². The average Bonchev–Trinajstić information content (AvgIpc) is 2.86. The third kappa shape index (κ3) is 2.30. The number of hydrogen-bond acceptors (Lipinski definition) is 4. The number of rotatable bonds is 1. The molecule has 1 radical (unpaired) electrons. The molecule has 8 heteroatoms. The molecule has 0 saturated carbocycles. The zero-order chi connectivity index (χ0) is 16.1. The molecular formula is C16H13ClFN4O2. The molecule has 1 aromatic heterocycles. The lowest BCUT2D eigenvalue weighted by atomic mass is 10.0. The number of hydrogen-bond donors (Lipinski definition) is 1. The first-order valence-electron chi connectivity index (χ1n) is 6.90. The fourth-order valence-corrected chi connectivity index (χ4v) is 2.82. The van der Waals surface area contributed by atoms with Gasteiger partial charge in [0.15, 0.2) is 0 Å². The monoisotopic (exact) mass is 347 g/mol. The van der Waals surface area contributed by atoms with Crippen molar-refractivity contribution in [3.8, 4) is 0 Å². The van der Waals surface area contributed by atoms with Crippen LogP contribution in [-0.2, 0) is 0 Å². The minimum Gasteiger partial charge on any atom is -0.492 e. The Kier molecular flexibility index (Phi) is 3.92. The van der Waals surface area contributed by atoms with Crippen molar-refractivity contribution in [3.05, 3.63) is 70.2 Å². The second-order valence-corrected chi connectivity index (χ2v) is 5.62. The molecule has 3 N–H and O–H groups in total. The summed E-state index contributed by atoms with van der Waals surface area (Å²) in [6, 6.07) is 8.08. The standard InChI is InChI=1S/C16H11ClFN4O.H2O/c1-9-7-10-3-2-4-12(18)15(10)22-14(9)16(23)21(20-22)11-5-6-13(17)19-8-11;/h2-8,23H,1H3;1H2. The summed E-state index contributed by atoms with van der Waals surface area (Å²) in [6.45, 7) is 1.84. The Hall–Kier alpha value is -2.61. The number of anilines is 2. The molecule has 3 heterocycles. The molecule has 6 nitrogen and oxygen atoms in total. The van der Waals surface area contributed by atoms with Crippen LogP contribution in [0.5, 0.6) is 0 Å². The quantitative estimate of drug-likeness (QED) is 0.804. The summed E-state index contributed by atoms with van der Waals surface area (Å²) in [6.07, 6.45) is 3.31. The molecule has 0 bridgehead atoms. The van der Waals surface area contributed by atoms with Crippen LogP contribution in [0.2, 0.25) is 5.15 Å². The molecule has 1 aromatic carbocycles. The van der Waals surface area contributed by atoms with Gasteiger partial charge in [-0.3, -0.25) is 0 Å². The van der Waals surface area contributed by atoms with Gasteiger partial charge in [-0.2, -0.15) is 0 Å². The smallest absolute Gasteiger partial charge is 0.235 e. The van der Waals surface area contributed by atoms with Gasteiger partial charge in [0, 0.05) is 5.56 Å².